The first-order valence-electron chi connectivity index (χ1n) is 8.29. The lowest BCUT2D eigenvalue weighted by molar-refractivity contribution is -0.892. The smallest absolute Gasteiger partial charge is 0.279 e. The van der Waals surface area contributed by atoms with Crippen LogP contribution in [0.25, 0.3) is 0 Å². The molecule has 6 heteroatoms. The zero-order valence-electron chi connectivity index (χ0n) is 13.8. The number of carbonyl (C=O) groups excluding carboxylic acids is 1. The van der Waals surface area contributed by atoms with Crippen LogP contribution in [0, 0.1) is 11.3 Å². The largest absolute Gasteiger partial charge is 0.359 e. The van der Waals surface area contributed by atoms with E-state index in [0.717, 1.165) is 36.9 Å². The third-order valence-electron chi connectivity index (χ3n) is 4.35. The first kappa shape index (κ1) is 17.3. The van der Waals surface area contributed by atoms with Gasteiger partial charge in [0.1, 0.15) is 0 Å². The van der Waals surface area contributed by atoms with E-state index in [2.05, 4.69) is 16.3 Å². The lowest BCUT2D eigenvalue weighted by atomic mass is 10.2. The van der Waals surface area contributed by atoms with Gasteiger partial charge in [0.2, 0.25) is 0 Å². The summed E-state index contributed by atoms with van der Waals surface area (Å²) in [5.74, 6) is -0.0312. The van der Waals surface area contributed by atoms with Crippen LogP contribution in [-0.2, 0) is 4.79 Å². The van der Waals surface area contributed by atoms with Gasteiger partial charge in [-0.15, -0.1) is 0 Å². The van der Waals surface area contributed by atoms with Crippen molar-refractivity contribution in [2.24, 2.45) is 0 Å². The Labute approximate surface area is 152 Å². The molecule has 0 bridgehead atoms. The molecule has 2 aromatic rings. The summed E-state index contributed by atoms with van der Waals surface area (Å²) in [6.07, 6.45) is 0. The standard InChI is InChI=1S/C19H19ClN4O/c20-17-6-1-2-7-18(17)24-10-8-23(9-11-24)14-19(25)22-16-5-3-4-15(12-16)13-21/h1-7,12H,8-11,14H2,(H,22,25)/p+1. The maximum Gasteiger partial charge on any atom is 0.279 e. The van der Waals surface area contributed by atoms with Gasteiger partial charge in [0, 0.05) is 5.69 Å². The number of nitrogens with zero attached hydrogens (tertiary/aromatic N) is 2. The number of nitriles is 1. The molecule has 1 heterocycles. The lowest BCUT2D eigenvalue weighted by Crippen LogP contribution is -3.15. The van der Waals surface area contributed by atoms with Crippen LogP contribution in [-0.4, -0.2) is 38.6 Å². The fourth-order valence-electron chi connectivity index (χ4n) is 3.05. The maximum atomic E-state index is 12.2. The van der Waals surface area contributed by atoms with Crippen LogP contribution in [0.1, 0.15) is 5.56 Å². The van der Waals surface area contributed by atoms with Crippen molar-refractivity contribution in [3.63, 3.8) is 0 Å². The minimum Gasteiger partial charge on any atom is -0.359 e. The van der Waals surface area contributed by atoms with Crippen LogP contribution >= 0.6 is 11.6 Å². The second kappa shape index (κ2) is 8.02. The summed E-state index contributed by atoms with van der Waals surface area (Å²) in [4.78, 5) is 15.7. The van der Waals surface area contributed by atoms with Crippen molar-refractivity contribution in [1.29, 1.82) is 5.26 Å². The average Bonchev–Trinajstić information content (AvgIpc) is 2.63. The van der Waals surface area contributed by atoms with E-state index < -0.39 is 0 Å². The Morgan fingerprint density at radius 2 is 1.96 bits per heavy atom. The van der Waals surface area contributed by atoms with Crippen molar-refractivity contribution in [2.75, 3.05) is 42.9 Å². The highest BCUT2D eigenvalue weighted by Gasteiger charge is 2.23. The normalized spacial score (nSPS) is 14.8. The summed E-state index contributed by atoms with van der Waals surface area (Å²) < 4.78 is 0. The molecule has 5 nitrogen and oxygen atoms in total. The van der Waals surface area contributed by atoms with Crippen LogP contribution in [0.15, 0.2) is 48.5 Å². The molecule has 25 heavy (non-hydrogen) atoms. The number of halogens is 1. The molecule has 0 aliphatic carbocycles. The topological polar surface area (TPSA) is 60.6 Å². The Bertz CT molecular complexity index is 794. The molecule has 0 spiro atoms. The molecule has 0 unspecified atom stereocenters. The van der Waals surface area contributed by atoms with E-state index in [4.69, 9.17) is 16.9 Å². The molecule has 2 aromatic carbocycles. The lowest BCUT2D eigenvalue weighted by Gasteiger charge is -2.33. The van der Waals surface area contributed by atoms with Gasteiger partial charge in [-0.05, 0) is 30.3 Å². The number of rotatable bonds is 4. The highest BCUT2D eigenvalue weighted by molar-refractivity contribution is 6.33. The monoisotopic (exact) mass is 355 g/mol. The molecule has 1 saturated heterocycles. The quantitative estimate of drug-likeness (QED) is 0.875. The Morgan fingerprint density at radius 3 is 2.68 bits per heavy atom. The predicted octanol–water partition coefficient (Wildman–Crippen LogP) is 1.56. The van der Waals surface area contributed by atoms with Crippen LogP contribution in [0.5, 0.6) is 0 Å². The summed E-state index contributed by atoms with van der Waals surface area (Å²) in [6, 6.07) is 16.9. The molecule has 1 fully saturated rings. The van der Waals surface area contributed by atoms with E-state index in [1.165, 1.54) is 4.90 Å². The van der Waals surface area contributed by atoms with Gasteiger partial charge < -0.3 is 15.1 Å². The molecule has 0 saturated carbocycles. The molecular weight excluding hydrogens is 336 g/mol. The molecule has 1 amide bonds. The maximum absolute atomic E-state index is 12.2. The summed E-state index contributed by atoms with van der Waals surface area (Å²) in [7, 11) is 0. The van der Waals surface area contributed by atoms with Crippen molar-refractivity contribution in [3.8, 4) is 6.07 Å². The first-order chi connectivity index (χ1) is 12.2. The van der Waals surface area contributed by atoms with Gasteiger partial charge in [-0.2, -0.15) is 5.26 Å². The summed E-state index contributed by atoms with van der Waals surface area (Å²) >= 11 is 6.26. The van der Waals surface area contributed by atoms with Gasteiger partial charge in [0.05, 0.1) is 48.5 Å². The highest BCUT2D eigenvalue weighted by atomic mass is 35.5. The minimum absolute atomic E-state index is 0.0312. The second-order valence-corrected chi connectivity index (χ2v) is 6.51. The average molecular weight is 356 g/mol. The second-order valence-electron chi connectivity index (χ2n) is 6.11. The van der Waals surface area contributed by atoms with Gasteiger partial charge in [0.15, 0.2) is 6.54 Å². The summed E-state index contributed by atoms with van der Waals surface area (Å²) in [6.45, 7) is 3.94. The number of quaternary nitrogens is 1. The first-order valence-corrected chi connectivity index (χ1v) is 8.66. The number of hydrogen-bond acceptors (Lipinski definition) is 3. The van der Waals surface area contributed by atoms with Gasteiger partial charge in [-0.1, -0.05) is 29.8 Å². The highest BCUT2D eigenvalue weighted by Crippen LogP contribution is 2.24. The molecule has 1 aliphatic heterocycles. The Hall–Kier alpha value is -2.55. The summed E-state index contributed by atoms with van der Waals surface area (Å²) in [5.41, 5.74) is 2.26. The Morgan fingerprint density at radius 1 is 1.20 bits per heavy atom. The van der Waals surface area contributed by atoms with Gasteiger partial charge >= 0.3 is 0 Å². The van der Waals surface area contributed by atoms with Crippen molar-refractivity contribution in [2.45, 2.75) is 0 Å². The molecule has 2 N–H and O–H groups in total. The van der Waals surface area contributed by atoms with E-state index in [9.17, 15) is 4.79 Å². The van der Waals surface area contributed by atoms with E-state index in [0.29, 0.717) is 17.8 Å². The number of hydrogen-bond donors (Lipinski definition) is 2. The Balaban J connectivity index is 1.51. The number of benzene rings is 2. The number of para-hydroxylation sites is 1. The van der Waals surface area contributed by atoms with E-state index in [1.807, 2.05) is 24.3 Å². The number of nitrogens with one attached hydrogen (secondary N) is 2. The Kier molecular flexibility index (Phi) is 5.54. The number of anilines is 2. The van der Waals surface area contributed by atoms with E-state index in [1.54, 1.807) is 24.3 Å². The van der Waals surface area contributed by atoms with Gasteiger partial charge in [0.25, 0.3) is 5.91 Å². The molecule has 0 radical (unpaired) electrons. The van der Waals surface area contributed by atoms with Crippen LogP contribution in [0.3, 0.4) is 0 Å². The third kappa shape index (κ3) is 4.50. The van der Waals surface area contributed by atoms with Crippen molar-refractivity contribution in [1.82, 2.24) is 0 Å². The third-order valence-corrected chi connectivity index (χ3v) is 4.67. The fraction of sp³-hybridized carbons (Fsp3) is 0.263. The minimum atomic E-state index is -0.0312. The van der Waals surface area contributed by atoms with Crippen LogP contribution in [0.2, 0.25) is 5.02 Å². The summed E-state index contributed by atoms with van der Waals surface area (Å²) in [5, 5.41) is 12.5. The van der Waals surface area contributed by atoms with Gasteiger partial charge in [-0.3, -0.25) is 4.79 Å². The number of amides is 1. The molecular formula is C19H20ClN4O+. The molecule has 0 atom stereocenters. The van der Waals surface area contributed by atoms with Crippen molar-refractivity contribution < 1.29 is 9.69 Å². The number of piperazine rings is 1. The zero-order valence-corrected chi connectivity index (χ0v) is 14.6. The van der Waals surface area contributed by atoms with Crippen LogP contribution in [0.4, 0.5) is 11.4 Å². The molecule has 3 rings (SSSR count). The fourth-order valence-corrected chi connectivity index (χ4v) is 3.30. The van der Waals surface area contributed by atoms with Gasteiger partial charge in [-0.25, -0.2) is 0 Å². The molecule has 0 aromatic heterocycles. The number of carbonyl (C=O) groups is 1. The van der Waals surface area contributed by atoms with E-state index in [-0.39, 0.29) is 5.91 Å². The van der Waals surface area contributed by atoms with E-state index >= 15 is 0 Å². The van der Waals surface area contributed by atoms with Crippen molar-refractivity contribution >= 4 is 28.9 Å². The van der Waals surface area contributed by atoms with Crippen molar-refractivity contribution in [3.05, 3.63) is 59.1 Å². The SMILES string of the molecule is N#Cc1cccc(NC(=O)C[NH+]2CCN(c3ccccc3Cl)CC2)c1. The molecule has 128 valence electrons. The molecule has 1 aliphatic rings. The predicted molar refractivity (Wildman–Crippen MR) is 99.0 cm³/mol. The van der Waals surface area contributed by atoms with Crippen LogP contribution < -0.4 is 15.1 Å². The zero-order chi connectivity index (χ0) is 17.6.